The third-order valence-electron chi connectivity index (χ3n) is 3.81. The number of hydrogen-bond acceptors (Lipinski definition) is 3. The number of hydrogen-bond donors (Lipinski definition) is 3. The van der Waals surface area contributed by atoms with Crippen LogP contribution in [0, 0.1) is 0 Å². The molecule has 0 aliphatic carbocycles. The van der Waals surface area contributed by atoms with Gasteiger partial charge in [0.2, 0.25) is 0 Å². The summed E-state index contributed by atoms with van der Waals surface area (Å²) in [7, 11) is 0. The minimum atomic E-state index is -1.21. The normalized spacial score (nSPS) is 12.6. The number of aliphatic hydroxyl groups excluding tert-OH is 1. The largest absolute Gasteiger partial charge is 0.481 e. The molecule has 5 heteroatoms. The van der Waals surface area contributed by atoms with Crippen LogP contribution in [0.1, 0.15) is 83.5 Å². The van der Waals surface area contributed by atoms with Gasteiger partial charge in [-0.2, -0.15) is 0 Å². The Morgan fingerprint density at radius 1 is 0.739 bits per heavy atom. The molecule has 0 aliphatic rings. The van der Waals surface area contributed by atoms with Crippen molar-refractivity contribution in [3.63, 3.8) is 0 Å². The lowest BCUT2D eigenvalue weighted by Crippen LogP contribution is -2.18. The Morgan fingerprint density at radius 2 is 1.22 bits per heavy atom. The summed E-state index contributed by atoms with van der Waals surface area (Å²) in [5.41, 5.74) is 0. The molecule has 0 spiro atoms. The molecule has 3 N–H and O–H groups in total. The van der Waals surface area contributed by atoms with Gasteiger partial charge in [0.15, 0.2) is 6.10 Å². The molecule has 0 bridgehead atoms. The Hall–Kier alpha value is -1.36. The highest BCUT2D eigenvalue weighted by molar-refractivity contribution is 5.71. The van der Waals surface area contributed by atoms with Crippen molar-refractivity contribution < 1.29 is 24.9 Å². The maximum atomic E-state index is 10.4. The first kappa shape index (κ1) is 21.6. The van der Waals surface area contributed by atoms with E-state index in [1.807, 2.05) is 0 Å². The highest BCUT2D eigenvalue weighted by Crippen LogP contribution is 2.10. The second-order valence-corrected chi connectivity index (χ2v) is 6.02. The lowest BCUT2D eigenvalue weighted by atomic mass is 10.1. The number of carbonyl (C=O) groups is 2. The molecular formula is C18H32O5. The van der Waals surface area contributed by atoms with E-state index in [1.54, 1.807) is 0 Å². The molecule has 0 aromatic heterocycles. The van der Waals surface area contributed by atoms with Crippen LogP contribution in [0.3, 0.4) is 0 Å². The van der Waals surface area contributed by atoms with Gasteiger partial charge < -0.3 is 15.3 Å². The minimum Gasteiger partial charge on any atom is -0.481 e. The van der Waals surface area contributed by atoms with Crippen LogP contribution >= 0.6 is 0 Å². The predicted molar refractivity (Wildman–Crippen MR) is 90.4 cm³/mol. The summed E-state index contributed by atoms with van der Waals surface area (Å²) < 4.78 is 0. The van der Waals surface area contributed by atoms with E-state index in [0.29, 0.717) is 6.42 Å². The summed E-state index contributed by atoms with van der Waals surface area (Å²) in [5, 5.41) is 26.1. The first-order chi connectivity index (χ1) is 11.0. The first-order valence-electron chi connectivity index (χ1n) is 8.81. The zero-order valence-electron chi connectivity index (χ0n) is 14.1. The quantitative estimate of drug-likeness (QED) is 0.292. The van der Waals surface area contributed by atoms with Crippen LogP contribution in [0.15, 0.2) is 12.2 Å². The van der Waals surface area contributed by atoms with Crippen LogP contribution < -0.4 is 0 Å². The van der Waals surface area contributed by atoms with Crippen LogP contribution in [0.5, 0.6) is 0 Å². The molecular weight excluding hydrogens is 296 g/mol. The molecule has 134 valence electrons. The number of rotatable bonds is 16. The number of unbranched alkanes of at least 4 members (excludes halogenated alkanes) is 9. The number of aliphatic carboxylic acids is 2. The topological polar surface area (TPSA) is 94.8 Å². The lowest BCUT2D eigenvalue weighted by molar-refractivity contribution is -0.147. The second-order valence-electron chi connectivity index (χ2n) is 6.02. The van der Waals surface area contributed by atoms with Gasteiger partial charge in [-0.3, -0.25) is 4.79 Å². The third kappa shape index (κ3) is 16.8. The molecule has 23 heavy (non-hydrogen) atoms. The number of carboxylic acid groups (broad SMARTS) is 2. The summed E-state index contributed by atoms with van der Waals surface area (Å²) in [6, 6.07) is 0. The van der Waals surface area contributed by atoms with E-state index in [1.165, 1.54) is 0 Å². The fourth-order valence-electron chi connectivity index (χ4n) is 2.38. The maximum absolute atomic E-state index is 10.4. The fraction of sp³-hybridized carbons (Fsp3) is 0.778. The zero-order chi connectivity index (χ0) is 17.3. The van der Waals surface area contributed by atoms with Crippen molar-refractivity contribution in [2.45, 2.75) is 89.6 Å². The Balaban J connectivity index is 3.20. The summed E-state index contributed by atoms with van der Waals surface area (Å²) in [4.78, 5) is 20.7. The molecule has 1 unspecified atom stereocenters. The van der Waals surface area contributed by atoms with Crippen molar-refractivity contribution >= 4 is 11.9 Å². The Kier molecular flexibility index (Phi) is 14.6. The number of carboxylic acids is 2. The van der Waals surface area contributed by atoms with Crippen LogP contribution in [-0.4, -0.2) is 33.4 Å². The summed E-state index contributed by atoms with van der Waals surface area (Å²) in [5.74, 6) is -1.83. The second kappa shape index (κ2) is 15.5. The summed E-state index contributed by atoms with van der Waals surface area (Å²) in [6.07, 6.45) is 15.1. The molecule has 0 saturated heterocycles. The van der Waals surface area contributed by atoms with Crippen molar-refractivity contribution in [2.24, 2.45) is 0 Å². The molecule has 0 aliphatic heterocycles. The molecule has 5 nitrogen and oxygen atoms in total. The van der Waals surface area contributed by atoms with Gasteiger partial charge in [-0.25, -0.2) is 4.79 Å². The molecule has 0 rings (SSSR count). The Morgan fingerprint density at radius 3 is 1.74 bits per heavy atom. The molecule has 1 atom stereocenters. The molecule has 0 aromatic rings. The van der Waals surface area contributed by atoms with E-state index in [2.05, 4.69) is 12.2 Å². The van der Waals surface area contributed by atoms with Crippen LogP contribution in [-0.2, 0) is 9.59 Å². The average Bonchev–Trinajstić information content (AvgIpc) is 2.50. The molecule has 0 heterocycles. The van der Waals surface area contributed by atoms with Gasteiger partial charge in [0.05, 0.1) is 0 Å². The van der Waals surface area contributed by atoms with E-state index in [0.717, 1.165) is 70.6 Å². The highest BCUT2D eigenvalue weighted by atomic mass is 16.4. The van der Waals surface area contributed by atoms with Gasteiger partial charge in [0.1, 0.15) is 0 Å². The SMILES string of the molecule is O=C(O)CCCCCCCC=CCCCCCCC(O)C(=O)O. The van der Waals surface area contributed by atoms with Crippen molar-refractivity contribution in [3.8, 4) is 0 Å². The van der Waals surface area contributed by atoms with Crippen molar-refractivity contribution in [3.05, 3.63) is 12.2 Å². The molecule has 0 fully saturated rings. The summed E-state index contributed by atoms with van der Waals surface area (Å²) >= 11 is 0. The molecule has 0 saturated carbocycles. The first-order valence-corrected chi connectivity index (χ1v) is 8.81. The van der Waals surface area contributed by atoms with Gasteiger partial charge in [0.25, 0.3) is 0 Å². The van der Waals surface area contributed by atoms with Crippen molar-refractivity contribution in [1.29, 1.82) is 0 Å². The smallest absolute Gasteiger partial charge is 0.332 e. The molecule has 0 aromatic carbocycles. The van der Waals surface area contributed by atoms with Gasteiger partial charge in [-0.15, -0.1) is 0 Å². The van der Waals surface area contributed by atoms with E-state index >= 15 is 0 Å². The fourth-order valence-corrected chi connectivity index (χ4v) is 2.38. The average molecular weight is 328 g/mol. The Labute approximate surface area is 139 Å². The lowest BCUT2D eigenvalue weighted by Gasteiger charge is -2.04. The van der Waals surface area contributed by atoms with Crippen molar-refractivity contribution in [2.75, 3.05) is 0 Å². The van der Waals surface area contributed by atoms with Crippen LogP contribution in [0.4, 0.5) is 0 Å². The Bertz CT molecular complexity index is 338. The molecule has 0 radical (unpaired) electrons. The highest BCUT2D eigenvalue weighted by Gasteiger charge is 2.11. The zero-order valence-corrected chi connectivity index (χ0v) is 14.1. The number of aliphatic hydroxyl groups is 1. The van der Waals surface area contributed by atoms with Crippen LogP contribution in [0.25, 0.3) is 0 Å². The van der Waals surface area contributed by atoms with E-state index in [4.69, 9.17) is 15.3 Å². The predicted octanol–water partition coefficient (Wildman–Crippen LogP) is 4.14. The third-order valence-corrected chi connectivity index (χ3v) is 3.81. The monoisotopic (exact) mass is 328 g/mol. The van der Waals surface area contributed by atoms with Gasteiger partial charge >= 0.3 is 11.9 Å². The van der Waals surface area contributed by atoms with E-state index < -0.39 is 18.0 Å². The van der Waals surface area contributed by atoms with Crippen LogP contribution in [0.2, 0.25) is 0 Å². The van der Waals surface area contributed by atoms with E-state index in [9.17, 15) is 9.59 Å². The minimum absolute atomic E-state index is 0.287. The van der Waals surface area contributed by atoms with Gasteiger partial charge in [-0.1, -0.05) is 50.7 Å². The van der Waals surface area contributed by atoms with Crippen molar-refractivity contribution in [1.82, 2.24) is 0 Å². The van der Waals surface area contributed by atoms with E-state index in [-0.39, 0.29) is 6.42 Å². The summed E-state index contributed by atoms with van der Waals surface area (Å²) in [6.45, 7) is 0. The van der Waals surface area contributed by atoms with Gasteiger partial charge in [-0.05, 0) is 38.5 Å². The maximum Gasteiger partial charge on any atom is 0.332 e. The molecule has 0 amide bonds. The standard InChI is InChI=1S/C18H32O5/c19-16(18(22)23)14-12-10-8-6-4-2-1-3-5-7-9-11-13-15-17(20)21/h1-2,16,19H,3-15H2,(H,20,21)(H,22,23). The number of allylic oxidation sites excluding steroid dienone is 2. The van der Waals surface area contributed by atoms with Gasteiger partial charge in [0, 0.05) is 6.42 Å².